The summed E-state index contributed by atoms with van der Waals surface area (Å²) in [6, 6.07) is 5.79. The largest absolute Gasteiger partial charge is 0.490 e. The van der Waals surface area contributed by atoms with Crippen LogP contribution in [0.1, 0.15) is 19.3 Å². The maximum atomic E-state index is 14.0. The molecule has 1 aromatic rings. The zero-order valence-electron chi connectivity index (χ0n) is 16.9. The topological polar surface area (TPSA) is 111 Å². The second-order valence-electron chi connectivity index (χ2n) is 8.58. The number of nitrogens with zero attached hydrogens (tertiary/aromatic N) is 2. The van der Waals surface area contributed by atoms with Crippen LogP contribution in [0.25, 0.3) is 0 Å². The molecular weight excluding hydrogens is 406 g/mol. The Morgan fingerprint density at radius 1 is 1.16 bits per heavy atom. The Balaban J connectivity index is 1.40. The van der Waals surface area contributed by atoms with Gasteiger partial charge in [0.25, 0.3) is 0 Å². The van der Waals surface area contributed by atoms with E-state index in [1.54, 1.807) is 12.1 Å². The molecule has 31 heavy (non-hydrogen) atoms. The molecule has 0 bridgehead atoms. The van der Waals surface area contributed by atoms with E-state index in [0.717, 1.165) is 6.08 Å². The van der Waals surface area contributed by atoms with Crippen molar-refractivity contribution >= 4 is 5.78 Å². The number of halogens is 2. The van der Waals surface area contributed by atoms with Crippen molar-refractivity contribution in [2.75, 3.05) is 19.6 Å². The van der Waals surface area contributed by atoms with Gasteiger partial charge in [-0.25, -0.2) is 8.78 Å². The molecule has 4 N–H and O–H groups in total. The lowest BCUT2D eigenvalue weighted by atomic mass is 9.85. The molecule has 1 saturated carbocycles. The van der Waals surface area contributed by atoms with Crippen molar-refractivity contribution in [2.24, 2.45) is 16.6 Å². The van der Waals surface area contributed by atoms with Crippen LogP contribution in [0.5, 0.6) is 5.75 Å². The molecule has 1 saturated heterocycles. The lowest BCUT2D eigenvalue weighted by molar-refractivity contribution is -0.116. The highest BCUT2D eigenvalue weighted by atomic mass is 19.1. The number of nitrogens with two attached hydrogens (primary N) is 2. The number of ketones is 1. The molecule has 0 amide bonds. The summed E-state index contributed by atoms with van der Waals surface area (Å²) < 4.78 is 33.0. The molecule has 1 heterocycles. The van der Waals surface area contributed by atoms with Gasteiger partial charge in [-0.1, -0.05) is 6.08 Å². The Bertz CT molecular complexity index is 971. The third-order valence-corrected chi connectivity index (χ3v) is 6.29. The molecule has 4 rings (SSSR count). The molecule has 0 radical (unpaired) electrons. The van der Waals surface area contributed by atoms with Crippen molar-refractivity contribution in [1.82, 2.24) is 4.90 Å². The third kappa shape index (κ3) is 4.21. The number of hydrogen-bond acceptors (Lipinski definition) is 7. The van der Waals surface area contributed by atoms with Gasteiger partial charge in [-0.05, 0) is 48.0 Å². The van der Waals surface area contributed by atoms with E-state index in [1.807, 2.05) is 4.90 Å². The molecule has 1 unspecified atom stereocenters. The zero-order valence-corrected chi connectivity index (χ0v) is 16.9. The summed E-state index contributed by atoms with van der Waals surface area (Å²) in [5, 5.41) is 2.62. The van der Waals surface area contributed by atoms with Crippen LogP contribution in [0.4, 0.5) is 8.78 Å². The van der Waals surface area contributed by atoms with Gasteiger partial charge in [0, 0.05) is 31.5 Å². The maximum Gasteiger partial charge on any atom is 0.173 e. The summed E-state index contributed by atoms with van der Waals surface area (Å²) >= 11 is 0. The molecule has 3 aliphatic rings. The summed E-state index contributed by atoms with van der Waals surface area (Å²) in [4.78, 5) is 25.3. The maximum absolute atomic E-state index is 14.0. The molecule has 0 spiro atoms. The number of likely N-dealkylation sites (tertiary alicyclic amines) is 1. The highest BCUT2D eigenvalue weighted by Crippen LogP contribution is 2.43. The Hall–Kier alpha value is -2.75. The molecule has 0 aromatic heterocycles. The molecule has 1 aromatic carbocycles. The number of carbonyl (C=O) groups excluding carboxylic acids is 1. The monoisotopic (exact) mass is 430 g/mol. The van der Waals surface area contributed by atoms with Gasteiger partial charge in [-0.2, -0.15) is 0 Å². The first-order chi connectivity index (χ1) is 14.7. The third-order valence-electron chi connectivity index (χ3n) is 6.29. The smallest absolute Gasteiger partial charge is 0.173 e. The van der Waals surface area contributed by atoms with E-state index in [-0.39, 0.29) is 41.9 Å². The Labute approximate surface area is 178 Å². The molecule has 3 atom stereocenters. The lowest BCUT2D eigenvalue weighted by Crippen LogP contribution is -2.61. The molecule has 164 valence electrons. The van der Waals surface area contributed by atoms with Gasteiger partial charge < -0.3 is 16.2 Å². The first-order valence-corrected chi connectivity index (χ1v) is 10.1. The van der Waals surface area contributed by atoms with E-state index in [0.29, 0.717) is 31.7 Å². The summed E-state index contributed by atoms with van der Waals surface area (Å²) in [5.74, 6) is -0.858. The van der Waals surface area contributed by atoms with Gasteiger partial charge >= 0.3 is 0 Å². The van der Waals surface area contributed by atoms with E-state index in [9.17, 15) is 18.5 Å². The number of rotatable bonds is 6. The normalized spacial score (nSPS) is 30.7. The van der Waals surface area contributed by atoms with Crippen LogP contribution in [-0.2, 0) is 4.79 Å². The highest BCUT2D eigenvalue weighted by molar-refractivity contribution is 5.97. The van der Waals surface area contributed by atoms with Crippen LogP contribution in [0, 0.1) is 10.7 Å². The van der Waals surface area contributed by atoms with Crippen LogP contribution >= 0.6 is 0 Å². The lowest BCUT2D eigenvalue weighted by Gasteiger charge is -2.31. The molecule has 9 heteroatoms. The fourth-order valence-corrected chi connectivity index (χ4v) is 4.73. The predicted octanol–water partition coefficient (Wildman–Crippen LogP) is 2.48. The number of allylic oxidation sites excluding steroid dienone is 4. The van der Waals surface area contributed by atoms with Crippen molar-refractivity contribution in [2.45, 2.75) is 36.4 Å². The van der Waals surface area contributed by atoms with Crippen molar-refractivity contribution in [3.63, 3.8) is 0 Å². The van der Waals surface area contributed by atoms with Crippen LogP contribution in [0.15, 0.2) is 64.8 Å². The number of nitroso groups, excluding NO2 is 1. The van der Waals surface area contributed by atoms with Crippen molar-refractivity contribution in [3.05, 3.63) is 70.3 Å². The average molecular weight is 430 g/mol. The average Bonchev–Trinajstić information content (AvgIpc) is 2.97. The van der Waals surface area contributed by atoms with Crippen molar-refractivity contribution in [1.29, 1.82) is 0 Å². The van der Waals surface area contributed by atoms with Crippen LogP contribution in [0.2, 0.25) is 0 Å². The number of fused-ring (bicyclic) bond motifs is 1. The number of carbonyl (C=O) groups is 1. The molecule has 2 fully saturated rings. The second-order valence-corrected chi connectivity index (χ2v) is 8.58. The fourth-order valence-electron chi connectivity index (χ4n) is 4.73. The Kier molecular flexibility index (Phi) is 5.59. The number of benzene rings is 1. The van der Waals surface area contributed by atoms with Gasteiger partial charge in [-0.3, -0.25) is 9.69 Å². The Morgan fingerprint density at radius 2 is 1.81 bits per heavy atom. The predicted molar refractivity (Wildman–Crippen MR) is 111 cm³/mol. The van der Waals surface area contributed by atoms with E-state index in [2.05, 4.69) is 5.18 Å². The zero-order chi connectivity index (χ0) is 22.2. The summed E-state index contributed by atoms with van der Waals surface area (Å²) in [6.07, 6.45) is 4.89. The number of Topliss-reactive ketones (excluding diaryl/α,β-unsaturated/α-hetero) is 1. The summed E-state index contributed by atoms with van der Waals surface area (Å²) in [7, 11) is 0. The Morgan fingerprint density at radius 3 is 2.42 bits per heavy atom. The molecule has 2 aliphatic carbocycles. The SMILES string of the molecule is N[C@@]12CC(Oc3ccc(F)cc3)C[C@]1(N)CN(CC(=O)C1=CC(F)=C(N=O)C=CC1)C2. The van der Waals surface area contributed by atoms with Crippen LogP contribution in [0.3, 0.4) is 0 Å². The quantitative estimate of drug-likeness (QED) is 0.671. The van der Waals surface area contributed by atoms with Gasteiger partial charge in [0.1, 0.15) is 23.4 Å². The molecule has 1 aliphatic heterocycles. The van der Waals surface area contributed by atoms with E-state index < -0.39 is 16.9 Å². The van der Waals surface area contributed by atoms with E-state index in [1.165, 1.54) is 24.3 Å². The first kappa shape index (κ1) is 21.5. The minimum absolute atomic E-state index is 0.0538. The summed E-state index contributed by atoms with van der Waals surface area (Å²) in [5.41, 5.74) is 11.7. The van der Waals surface area contributed by atoms with Crippen LogP contribution < -0.4 is 16.2 Å². The molecule has 7 nitrogen and oxygen atoms in total. The standard InChI is InChI=1S/C22H24F2N4O3/c23-15-4-6-16(7-5-15)31-17-9-21(25)12-28(13-22(21,26)10-17)11-20(29)14-2-1-3-19(27-30)18(24)8-14/h1,3-8,17H,2,9-13,25-26H2/t17?,21-,22+. The van der Waals surface area contributed by atoms with Gasteiger partial charge in [-0.15, -0.1) is 4.91 Å². The minimum Gasteiger partial charge on any atom is -0.490 e. The van der Waals surface area contributed by atoms with E-state index >= 15 is 0 Å². The van der Waals surface area contributed by atoms with E-state index in [4.69, 9.17) is 16.2 Å². The van der Waals surface area contributed by atoms with Gasteiger partial charge in [0.05, 0.1) is 17.6 Å². The summed E-state index contributed by atoms with van der Waals surface area (Å²) in [6.45, 7) is 0.862. The van der Waals surface area contributed by atoms with Crippen molar-refractivity contribution < 1.29 is 18.3 Å². The second kappa shape index (κ2) is 8.07. The number of hydrogen-bond donors (Lipinski definition) is 2. The van der Waals surface area contributed by atoms with Crippen LogP contribution in [-0.4, -0.2) is 47.5 Å². The van der Waals surface area contributed by atoms with Crippen molar-refractivity contribution in [3.8, 4) is 5.75 Å². The van der Waals surface area contributed by atoms with Gasteiger partial charge in [0.2, 0.25) is 0 Å². The fraction of sp³-hybridized carbons (Fsp3) is 0.409. The number of ether oxygens (including phenoxy) is 1. The minimum atomic E-state index is -0.822. The van der Waals surface area contributed by atoms with Gasteiger partial charge in [0.15, 0.2) is 11.6 Å². The first-order valence-electron chi connectivity index (χ1n) is 10.1. The molecular formula is C22H24F2N4O3. The highest BCUT2D eigenvalue weighted by Gasteiger charge is 2.60.